The van der Waals surface area contributed by atoms with E-state index in [2.05, 4.69) is 10.6 Å². The number of nitrogens with one attached hydrogen (secondary N) is 2. The van der Waals surface area contributed by atoms with Gasteiger partial charge in [0.1, 0.15) is 0 Å². The van der Waals surface area contributed by atoms with Gasteiger partial charge in [0.05, 0.1) is 19.1 Å². The molecule has 0 aliphatic heterocycles. The van der Waals surface area contributed by atoms with E-state index in [1.807, 2.05) is 0 Å². The molecule has 0 heterocycles. The Balaban J connectivity index is 0. The topological polar surface area (TPSA) is 154 Å². The number of carbonyl (C=O) groups excluding carboxylic acids is 3. The zero-order chi connectivity index (χ0) is 22.3. The van der Waals surface area contributed by atoms with Crippen molar-refractivity contribution in [1.82, 2.24) is 10.6 Å². The molecule has 0 rings (SSSR count). The fourth-order valence-corrected chi connectivity index (χ4v) is 1.98. The maximum atomic E-state index is 11.2. The molecule has 10 nitrogen and oxygen atoms in total. The van der Waals surface area contributed by atoms with Crippen LogP contribution in [0.1, 0.15) is 40.5 Å². The Hall–Kier alpha value is -2.20. The lowest BCUT2D eigenvalue weighted by atomic mass is 10.1. The predicted molar refractivity (Wildman–Crippen MR) is 99.2 cm³/mol. The highest BCUT2D eigenvalue weighted by molar-refractivity contribution is 5.82. The Bertz CT molecular complexity index is 454. The van der Waals surface area contributed by atoms with Crippen molar-refractivity contribution in [3.63, 3.8) is 0 Å². The zero-order valence-electron chi connectivity index (χ0n) is 17.4. The third-order valence-electron chi connectivity index (χ3n) is 3.46. The van der Waals surface area contributed by atoms with Crippen LogP contribution in [0.15, 0.2) is 0 Å². The van der Waals surface area contributed by atoms with Crippen LogP contribution in [0.25, 0.3) is 0 Å². The van der Waals surface area contributed by atoms with Crippen molar-refractivity contribution in [2.45, 2.75) is 52.6 Å². The highest BCUT2D eigenvalue weighted by Gasteiger charge is 2.16. The highest BCUT2D eigenvalue weighted by Crippen LogP contribution is 2.01. The molecular weight excluding hydrogens is 372 g/mol. The standard InChI is InChI=1S/2C9H17NO4/c2*1-6(9(12)13)4-8(11)10-7(2)5-14-3/h2*6-7H,4-5H2,1-3H3,(H,10,11)(H,12,13)/p-1. The number of rotatable bonds is 12. The van der Waals surface area contributed by atoms with E-state index in [4.69, 9.17) is 14.6 Å². The monoisotopic (exact) mass is 405 g/mol. The molecule has 0 saturated heterocycles. The van der Waals surface area contributed by atoms with Crippen molar-refractivity contribution >= 4 is 23.8 Å². The molecule has 0 spiro atoms. The Morgan fingerprint density at radius 3 is 1.46 bits per heavy atom. The first kappa shape index (κ1) is 28.0. The van der Waals surface area contributed by atoms with Crippen LogP contribution >= 0.6 is 0 Å². The van der Waals surface area contributed by atoms with Crippen molar-refractivity contribution in [2.24, 2.45) is 11.8 Å². The van der Waals surface area contributed by atoms with Gasteiger partial charge in [0.25, 0.3) is 0 Å². The van der Waals surface area contributed by atoms with Gasteiger partial charge in [-0.15, -0.1) is 0 Å². The summed E-state index contributed by atoms with van der Waals surface area (Å²) in [6.45, 7) is 7.36. The molecule has 0 aliphatic rings. The van der Waals surface area contributed by atoms with Gasteiger partial charge >= 0.3 is 5.97 Å². The second-order valence-corrected chi connectivity index (χ2v) is 6.72. The number of methoxy groups -OCH3 is 2. The first-order chi connectivity index (χ1) is 12.9. The molecule has 0 aromatic rings. The van der Waals surface area contributed by atoms with Gasteiger partial charge in [-0.3, -0.25) is 14.4 Å². The third kappa shape index (κ3) is 16.0. The van der Waals surface area contributed by atoms with Gasteiger partial charge in [0.15, 0.2) is 0 Å². The van der Waals surface area contributed by atoms with Crippen LogP contribution in [-0.4, -0.2) is 68.4 Å². The maximum absolute atomic E-state index is 11.2. The van der Waals surface area contributed by atoms with Crippen LogP contribution in [0.5, 0.6) is 0 Å². The number of carbonyl (C=O) groups is 4. The Kier molecular flexibility index (Phi) is 15.8. The van der Waals surface area contributed by atoms with Gasteiger partial charge < -0.3 is 35.1 Å². The van der Waals surface area contributed by atoms with E-state index >= 15 is 0 Å². The highest BCUT2D eigenvalue weighted by atomic mass is 16.5. The molecule has 0 saturated carbocycles. The van der Waals surface area contributed by atoms with Gasteiger partial charge in [0, 0.05) is 51.0 Å². The number of carboxylic acids is 2. The van der Waals surface area contributed by atoms with Crippen LogP contribution in [0, 0.1) is 11.8 Å². The molecule has 10 heteroatoms. The number of amides is 2. The first-order valence-electron chi connectivity index (χ1n) is 8.94. The molecule has 28 heavy (non-hydrogen) atoms. The summed E-state index contributed by atoms with van der Waals surface area (Å²) < 4.78 is 9.64. The number of ether oxygens (including phenoxy) is 2. The lowest BCUT2D eigenvalue weighted by molar-refractivity contribution is -0.311. The van der Waals surface area contributed by atoms with Crippen LogP contribution in [-0.2, 0) is 28.7 Å². The van der Waals surface area contributed by atoms with Gasteiger partial charge in [-0.05, 0) is 13.8 Å². The average molecular weight is 405 g/mol. The first-order valence-corrected chi connectivity index (χ1v) is 8.94. The summed E-state index contributed by atoms with van der Waals surface area (Å²) in [7, 11) is 3.08. The molecule has 164 valence electrons. The quantitative estimate of drug-likeness (QED) is 0.380. The smallest absolute Gasteiger partial charge is 0.306 e. The predicted octanol–water partition coefficient (Wildman–Crippen LogP) is -0.838. The van der Waals surface area contributed by atoms with E-state index < -0.39 is 23.8 Å². The fourth-order valence-electron chi connectivity index (χ4n) is 1.98. The third-order valence-corrected chi connectivity index (χ3v) is 3.46. The lowest BCUT2D eigenvalue weighted by Crippen LogP contribution is -2.39. The van der Waals surface area contributed by atoms with Crippen molar-refractivity contribution in [2.75, 3.05) is 27.4 Å². The molecule has 0 aromatic carbocycles. The molecule has 0 radical (unpaired) electrons. The Morgan fingerprint density at radius 2 is 1.18 bits per heavy atom. The van der Waals surface area contributed by atoms with Gasteiger partial charge in [-0.2, -0.15) is 0 Å². The minimum Gasteiger partial charge on any atom is -0.550 e. The second kappa shape index (κ2) is 15.8. The largest absolute Gasteiger partial charge is 0.550 e. The molecule has 0 fully saturated rings. The minimum atomic E-state index is -1.21. The van der Waals surface area contributed by atoms with E-state index in [1.54, 1.807) is 21.0 Å². The molecule has 3 N–H and O–H groups in total. The average Bonchev–Trinajstić information content (AvgIpc) is 2.54. The van der Waals surface area contributed by atoms with E-state index in [9.17, 15) is 24.3 Å². The minimum absolute atomic E-state index is 0.00336. The summed E-state index contributed by atoms with van der Waals surface area (Å²) in [4.78, 5) is 43.2. The number of carboxylic acid groups (broad SMARTS) is 2. The molecule has 0 bridgehead atoms. The van der Waals surface area contributed by atoms with Crippen molar-refractivity contribution in [3.8, 4) is 0 Å². The summed E-state index contributed by atoms with van der Waals surface area (Å²) in [5, 5.41) is 24.1. The van der Waals surface area contributed by atoms with Crippen LogP contribution < -0.4 is 15.7 Å². The molecule has 4 atom stereocenters. The molecule has 4 unspecified atom stereocenters. The van der Waals surface area contributed by atoms with Crippen molar-refractivity contribution < 1.29 is 38.9 Å². The van der Waals surface area contributed by atoms with E-state index in [-0.39, 0.29) is 36.7 Å². The molecule has 0 aliphatic carbocycles. The van der Waals surface area contributed by atoms with Crippen LogP contribution in [0.3, 0.4) is 0 Å². The lowest BCUT2D eigenvalue weighted by Gasteiger charge is -2.15. The summed E-state index contributed by atoms with van der Waals surface area (Å²) in [5.41, 5.74) is 0. The number of aliphatic carboxylic acids is 2. The Labute approximate surface area is 166 Å². The summed E-state index contributed by atoms with van der Waals surface area (Å²) >= 11 is 0. The Morgan fingerprint density at radius 1 is 0.821 bits per heavy atom. The van der Waals surface area contributed by atoms with Gasteiger partial charge in [-0.25, -0.2) is 0 Å². The van der Waals surface area contributed by atoms with Crippen molar-refractivity contribution in [3.05, 3.63) is 0 Å². The zero-order valence-corrected chi connectivity index (χ0v) is 17.4. The molecular formula is C18H33N2O8-. The molecule has 0 aromatic heterocycles. The molecule has 2 amide bonds. The van der Waals surface area contributed by atoms with E-state index in [0.29, 0.717) is 13.2 Å². The number of hydrogen-bond donors (Lipinski definition) is 3. The number of hydrogen-bond acceptors (Lipinski definition) is 7. The maximum Gasteiger partial charge on any atom is 0.306 e. The van der Waals surface area contributed by atoms with E-state index in [0.717, 1.165) is 0 Å². The van der Waals surface area contributed by atoms with Gasteiger partial charge in [-0.1, -0.05) is 13.8 Å². The van der Waals surface area contributed by atoms with Crippen LogP contribution in [0.4, 0.5) is 0 Å². The second-order valence-electron chi connectivity index (χ2n) is 6.72. The summed E-state index contributed by atoms with van der Waals surface area (Å²) in [6.07, 6.45) is -0.0558. The van der Waals surface area contributed by atoms with Crippen molar-refractivity contribution in [1.29, 1.82) is 0 Å². The summed E-state index contributed by atoms with van der Waals surface area (Å²) in [6, 6.07) is -0.199. The van der Waals surface area contributed by atoms with E-state index in [1.165, 1.54) is 21.0 Å². The normalized spacial score (nSPS) is 14.5. The van der Waals surface area contributed by atoms with Crippen LogP contribution in [0.2, 0.25) is 0 Å². The van der Waals surface area contributed by atoms with Gasteiger partial charge in [0.2, 0.25) is 11.8 Å². The SMILES string of the molecule is COCC(C)NC(=O)CC(C)C(=O)O.COCC(C)NC(=O)CC(C)C(=O)[O-]. The fraction of sp³-hybridized carbons (Fsp3) is 0.778. The summed E-state index contributed by atoms with van der Waals surface area (Å²) in [5.74, 6) is -4.13.